The van der Waals surface area contributed by atoms with Gasteiger partial charge in [0.05, 0.1) is 20.6 Å². The van der Waals surface area contributed by atoms with E-state index < -0.39 is 29.6 Å². The van der Waals surface area contributed by atoms with Gasteiger partial charge < -0.3 is 39.6 Å². The van der Waals surface area contributed by atoms with E-state index in [1.54, 1.807) is 24.3 Å². The second-order valence-corrected chi connectivity index (χ2v) is 18.0. The van der Waals surface area contributed by atoms with Crippen molar-refractivity contribution in [2.24, 2.45) is 5.92 Å². The van der Waals surface area contributed by atoms with Gasteiger partial charge in [0.25, 0.3) is 0 Å². The number of nitrogens with one attached hydrogen (secondary N) is 1. The first-order valence-corrected chi connectivity index (χ1v) is 22.5. The minimum Gasteiger partial charge on any atom is -0.508 e. The van der Waals surface area contributed by atoms with Crippen molar-refractivity contribution in [1.82, 2.24) is 5.32 Å². The van der Waals surface area contributed by atoms with Crippen LogP contribution in [0, 0.1) is 5.92 Å². The molecule has 7 aromatic rings. The summed E-state index contributed by atoms with van der Waals surface area (Å²) in [5.41, 5.74) is 6.96. The molecule has 0 amide bonds. The van der Waals surface area contributed by atoms with E-state index in [2.05, 4.69) is 47.8 Å². The maximum atomic E-state index is 14.3. The van der Waals surface area contributed by atoms with E-state index in [0.717, 1.165) is 66.1 Å². The van der Waals surface area contributed by atoms with E-state index in [1.807, 2.05) is 67.7 Å². The molecule has 7 aromatic carbocycles. The van der Waals surface area contributed by atoms with Crippen molar-refractivity contribution >= 4 is 33.5 Å². The molecular weight excluding hydrogens is 831 g/mol. The predicted octanol–water partition coefficient (Wildman–Crippen LogP) is 10.2. The number of phenolic OH excluding ortho intramolecular Hbond substituents is 3. The van der Waals surface area contributed by atoms with Crippen molar-refractivity contribution in [2.75, 3.05) is 21.3 Å². The van der Waals surface area contributed by atoms with Gasteiger partial charge in [-0.2, -0.15) is 0 Å². The number of carbonyl (C=O) groups excluding carboxylic acids is 2. The molecule has 0 radical (unpaired) electrons. The van der Waals surface area contributed by atoms with Gasteiger partial charge in [-0.15, -0.1) is 0 Å². The lowest BCUT2D eigenvalue weighted by Gasteiger charge is -2.52. The van der Waals surface area contributed by atoms with E-state index in [9.17, 15) is 24.9 Å². The number of fused-ring (bicyclic) bond motifs is 4. The van der Waals surface area contributed by atoms with E-state index >= 15 is 0 Å². The average molecular weight is 886 g/mol. The van der Waals surface area contributed by atoms with Crippen LogP contribution in [0.5, 0.6) is 28.7 Å². The SMILES string of the molecule is CNCc1cccc(-c2cc(O)cc3ccc(CC(=O)OC4CC(c5ccc(O)c(OC)c5)CC5(c6ccc7ccccc7c6)Cc6cc(O)c(OC)cc6CC5C(OC(C)=O)C4)cc23)c1. The van der Waals surface area contributed by atoms with Gasteiger partial charge in [0.1, 0.15) is 18.0 Å². The molecule has 10 heteroatoms. The molecular formula is C56H55NO9. The van der Waals surface area contributed by atoms with Gasteiger partial charge in [-0.1, -0.05) is 78.9 Å². The van der Waals surface area contributed by atoms with Crippen LogP contribution in [0.3, 0.4) is 0 Å². The molecule has 9 rings (SSSR count). The molecule has 2 aliphatic rings. The zero-order valence-corrected chi connectivity index (χ0v) is 37.7. The summed E-state index contributed by atoms with van der Waals surface area (Å²) < 4.78 is 24.2. The molecule has 10 nitrogen and oxygen atoms in total. The number of methoxy groups -OCH3 is 2. The Morgan fingerprint density at radius 1 is 0.712 bits per heavy atom. The highest BCUT2D eigenvalue weighted by atomic mass is 16.6. The summed E-state index contributed by atoms with van der Waals surface area (Å²) in [4.78, 5) is 27.6. The second kappa shape index (κ2) is 18.4. The van der Waals surface area contributed by atoms with Gasteiger partial charge >= 0.3 is 11.9 Å². The number of aromatic hydroxyl groups is 3. The Labute approximate surface area is 384 Å². The number of hydrogen-bond acceptors (Lipinski definition) is 10. The normalized spacial score (nSPS) is 20.4. The predicted molar refractivity (Wildman–Crippen MR) is 255 cm³/mol. The van der Waals surface area contributed by atoms with Crippen LogP contribution in [0.2, 0.25) is 0 Å². The third-order valence-corrected chi connectivity index (χ3v) is 13.8. The summed E-state index contributed by atoms with van der Waals surface area (Å²) >= 11 is 0. The highest BCUT2D eigenvalue weighted by molar-refractivity contribution is 5.98. The monoisotopic (exact) mass is 885 g/mol. The van der Waals surface area contributed by atoms with E-state index in [-0.39, 0.29) is 41.9 Å². The van der Waals surface area contributed by atoms with Crippen molar-refractivity contribution in [1.29, 1.82) is 0 Å². The average Bonchev–Trinajstić information content (AvgIpc) is 3.30. The molecule has 338 valence electrons. The molecule has 5 atom stereocenters. The molecule has 0 saturated heterocycles. The Bertz CT molecular complexity index is 2960. The number of ether oxygens (including phenoxy) is 4. The van der Waals surface area contributed by atoms with Gasteiger partial charge in [-0.3, -0.25) is 9.59 Å². The Kier molecular flexibility index (Phi) is 12.3. The molecule has 5 unspecified atom stereocenters. The van der Waals surface area contributed by atoms with E-state index in [1.165, 1.54) is 21.1 Å². The molecule has 66 heavy (non-hydrogen) atoms. The van der Waals surface area contributed by atoms with Crippen LogP contribution in [-0.4, -0.2) is 60.7 Å². The van der Waals surface area contributed by atoms with Gasteiger partial charge in [0.2, 0.25) is 0 Å². The first-order valence-electron chi connectivity index (χ1n) is 22.5. The van der Waals surface area contributed by atoms with Crippen molar-refractivity contribution in [3.8, 4) is 39.9 Å². The standard InChI is InChI=1S/C56H55NO9/c1-33(58)65-52-29-46(66-55(62)20-34-12-13-40-22-45(59)28-48(47(40)19-34)39-11-7-8-35(18-39)32-57-2)23-42(38-15-17-50(60)53(26-38)63-3)30-56(44-16-14-36-9-5-6-10-37(36)21-44)31-43-25-51(61)54(64-4)27-41(43)24-49(52)56/h5-19,21-22,25-28,42,46,49,52,57,59-61H,20,23-24,29-32H2,1-4H3. The smallest absolute Gasteiger partial charge is 0.310 e. The molecule has 2 aliphatic carbocycles. The topological polar surface area (TPSA) is 144 Å². The Hall–Kier alpha value is -7.04. The maximum absolute atomic E-state index is 14.3. The lowest BCUT2D eigenvalue weighted by atomic mass is 9.54. The Morgan fingerprint density at radius 2 is 1.50 bits per heavy atom. The first kappa shape index (κ1) is 44.2. The summed E-state index contributed by atoms with van der Waals surface area (Å²) in [6.45, 7) is 2.12. The third-order valence-electron chi connectivity index (χ3n) is 13.8. The molecule has 0 heterocycles. The van der Waals surface area contributed by atoms with Gasteiger partial charge in [0.15, 0.2) is 23.0 Å². The quantitative estimate of drug-likeness (QED) is 0.0927. The fourth-order valence-corrected chi connectivity index (χ4v) is 10.9. The number of esters is 2. The minimum atomic E-state index is -0.667. The van der Waals surface area contributed by atoms with Crippen molar-refractivity contribution in [3.63, 3.8) is 0 Å². The van der Waals surface area contributed by atoms with Gasteiger partial charge in [-0.05, 0) is 153 Å². The molecule has 0 aliphatic heterocycles. The molecule has 0 aromatic heterocycles. The van der Waals surface area contributed by atoms with E-state index in [0.29, 0.717) is 43.7 Å². The first-order chi connectivity index (χ1) is 31.9. The van der Waals surface area contributed by atoms with Crippen LogP contribution in [0.4, 0.5) is 0 Å². The summed E-state index contributed by atoms with van der Waals surface area (Å²) in [6, 6.07) is 41.3. The van der Waals surface area contributed by atoms with Crippen molar-refractivity contribution < 1.29 is 43.9 Å². The van der Waals surface area contributed by atoms with E-state index in [4.69, 9.17) is 18.9 Å². The molecule has 4 N–H and O–H groups in total. The maximum Gasteiger partial charge on any atom is 0.310 e. The number of carbonyl (C=O) groups is 2. The largest absolute Gasteiger partial charge is 0.508 e. The van der Waals surface area contributed by atoms with Gasteiger partial charge in [-0.25, -0.2) is 0 Å². The van der Waals surface area contributed by atoms with Crippen molar-refractivity contribution in [3.05, 3.63) is 161 Å². The number of rotatable bonds is 11. The number of phenols is 3. The van der Waals surface area contributed by atoms with Gasteiger partial charge in [0, 0.05) is 31.2 Å². The lowest BCUT2D eigenvalue weighted by molar-refractivity contribution is -0.160. The minimum absolute atomic E-state index is 0.0103. The van der Waals surface area contributed by atoms with Crippen LogP contribution in [0.15, 0.2) is 127 Å². The summed E-state index contributed by atoms with van der Waals surface area (Å²) in [5, 5.41) is 39.7. The molecule has 0 bridgehead atoms. The fourth-order valence-electron chi connectivity index (χ4n) is 10.9. The summed E-state index contributed by atoms with van der Waals surface area (Å²) in [5.74, 6) is -0.458. The summed E-state index contributed by atoms with van der Waals surface area (Å²) in [7, 11) is 4.96. The Balaban J connectivity index is 1.12. The third kappa shape index (κ3) is 8.85. The second-order valence-electron chi connectivity index (χ2n) is 18.0. The number of benzene rings is 7. The zero-order valence-electron chi connectivity index (χ0n) is 37.7. The highest BCUT2D eigenvalue weighted by Gasteiger charge is 2.52. The highest BCUT2D eigenvalue weighted by Crippen LogP contribution is 2.55. The molecule has 1 fully saturated rings. The molecule has 0 spiro atoms. The molecule has 1 saturated carbocycles. The van der Waals surface area contributed by atoms with Crippen LogP contribution in [0.1, 0.15) is 65.5 Å². The lowest BCUT2D eigenvalue weighted by Crippen LogP contribution is -2.52. The van der Waals surface area contributed by atoms with Crippen LogP contribution in [-0.2, 0) is 50.3 Å². The van der Waals surface area contributed by atoms with Crippen LogP contribution < -0.4 is 14.8 Å². The van der Waals surface area contributed by atoms with Crippen LogP contribution >= 0.6 is 0 Å². The Morgan fingerprint density at radius 3 is 2.29 bits per heavy atom. The zero-order chi connectivity index (χ0) is 46.1. The fraction of sp³-hybridized carbons (Fsp3) is 0.286. The summed E-state index contributed by atoms with van der Waals surface area (Å²) in [6.07, 6.45) is 0.871. The number of hydrogen-bond donors (Lipinski definition) is 4. The van der Waals surface area contributed by atoms with Crippen molar-refractivity contribution in [2.45, 2.75) is 75.5 Å². The van der Waals surface area contributed by atoms with Crippen LogP contribution in [0.25, 0.3) is 32.7 Å².